The van der Waals surface area contributed by atoms with Gasteiger partial charge in [-0.2, -0.15) is 0 Å². The van der Waals surface area contributed by atoms with Gasteiger partial charge in [0.1, 0.15) is 11.5 Å². The molecule has 0 spiro atoms. The van der Waals surface area contributed by atoms with E-state index in [9.17, 15) is 0 Å². The summed E-state index contributed by atoms with van der Waals surface area (Å²) in [5, 5.41) is 3.47. The van der Waals surface area contributed by atoms with Crippen molar-refractivity contribution in [2.24, 2.45) is 0 Å². The maximum absolute atomic E-state index is 5.66. The minimum Gasteiger partial charge on any atom is -0.497 e. The topological polar surface area (TPSA) is 30.5 Å². The van der Waals surface area contributed by atoms with Gasteiger partial charge in [0, 0.05) is 17.8 Å². The predicted molar refractivity (Wildman–Crippen MR) is 87.2 cm³/mol. The summed E-state index contributed by atoms with van der Waals surface area (Å²) in [6.07, 6.45) is 0.197. The molecule has 112 valence electrons. The normalized spacial score (nSPS) is 12.0. The van der Waals surface area contributed by atoms with Crippen LogP contribution in [-0.2, 0) is 0 Å². The van der Waals surface area contributed by atoms with Crippen LogP contribution in [0.25, 0.3) is 0 Å². The molecule has 21 heavy (non-hydrogen) atoms. The van der Waals surface area contributed by atoms with Gasteiger partial charge in [0.05, 0.1) is 13.2 Å². The zero-order valence-electron chi connectivity index (χ0n) is 13.1. The lowest BCUT2D eigenvalue weighted by Crippen LogP contribution is -2.08. The molecule has 3 nitrogen and oxygen atoms in total. The second kappa shape index (κ2) is 7.02. The fourth-order valence-corrected chi connectivity index (χ4v) is 2.15. The second-order valence-electron chi connectivity index (χ2n) is 5.33. The molecule has 0 bridgehead atoms. The van der Waals surface area contributed by atoms with Crippen LogP contribution in [0.4, 0.5) is 5.69 Å². The molecule has 1 unspecified atom stereocenters. The number of hydrogen-bond donors (Lipinski definition) is 1. The van der Waals surface area contributed by atoms with Crippen LogP contribution in [-0.4, -0.2) is 13.2 Å². The lowest BCUT2D eigenvalue weighted by atomic mass is 10.1. The molecule has 0 aliphatic carbocycles. The van der Waals surface area contributed by atoms with Crippen molar-refractivity contribution < 1.29 is 9.47 Å². The number of nitrogens with one attached hydrogen (secondary N) is 1. The van der Waals surface area contributed by atoms with Gasteiger partial charge >= 0.3 is 0 Å². The Kier molecular flexibility index (Phi) is 5.09. The van der Waals surface area contributed by atoms with Crippen LogP contribution in [0.1, 0.15) is 32.4 Å². The molecule has 0 saturated carbocycles. The molecular formula is C18H23NO2. The van der Waals surface area contributed by atoms with Crippen LogP contribution in [0, 0.1) is 0 Å². The van der Waals surface area contributed by atoms with Gasteiger partial charge in [0.2, 0.25) is 0 Å². The van der Waals surface area contributed by atoms with E-state index < -0.39 is 0 Å². The number of hydrogen-bond acceptors (Lipinski definition) is 3. The zero-order chi connectivity index (χ0) is 15.2. The molecule has 1 atom stereocenters. The van der Waals surface area contributed by atoms with Crippen molar-refractivity contribution in [3.05, 3.63) is 54.1 Å². The first-order chi connectivity index (χ1) is 10.1. The van der Waals surface area contributed by atoms with E-state index >= 15 is 0 Å². The lowest BCUT2D eigenvalue weighted by molar-refractivity contribution is 0.242. The first-order valence-electron chi connectivity index (χ1n) is 7.25. The van der Waals surface area contributed by atoms with Crippen LogP contribution >= 0.6 is 0 Å². The maximum atomic E-state index is 5.66. The molecule has 3 heteroatoms. The molecule has 0 heterocycles. The molecule has 0 fully saturated rings. The van der Waals surface area contributed by atoms with E-state index in [-0.39, 0.29) is 12.1 Å². The Morgan fingerprint density at radius 1 is 0.905 bits per heavy atom. The standard InChI is InChI=1S/C18H23NO2/c1-13(2)21-17-10-8-15(9-11-17)14(3)19-16-6-5-7-18(12-16)20-4/h5-14,19H,1-4H3. The molecule has 0 saturated heterocycles. The highest BCUT2D eigenvalue weighted by Crippen LogP contribution is 2.24. The molecule has 0 aromatic heterocycles. The molecule has 0 radical (unpaired) electrons. The molecule has 1 N–H and O–H groups in total. The first-order valence-corrected chi connectivity index (χ1v) is 7.25. The van der Waals surface area contributed by atoms with Gasteiger partial charge in [0.15, 0.2) is 0 Å². The summed E-state index contributed by atoms with van der Waals surface area (Å²) in [6, 6.07) is 16.4. The highest BCUT2D eigenvalue weighted by Gasteiger charge is 2.06. The average Bonchev–Trinajstić information content (AvgIpc) is 2.47. The van der Waals surface area contributed by atoms with E-state index in [0.29, 0.717) is 0 Å². The van der Waals surface area contributed by atoms with E-state index in [1.54, 1.807) is 7.11 Å². The van der Waals surface area contributed by atoms with Gasteiger partial charge in [0.25, 0.3) is 0 Å². The Balaban J connectivity index is 2.03. The summed E-state index contributed by atoms with van der Waals surface area (Å²) < 4.78 is 10.9. The average molecular weight is 285 g/mol. The second-order valence-corrected chi connectivity index (χ2v) is 5.33. The monoisotopic (exact) mass is 285 g/mol. The van der Waals surface area contributed by atoms with Crippen molar-refractivity contribution >= 4 is 5.69 Å². The molecule has 0 aliphatic heterocycles. The van der Waals surface area contributed by atoms with E-state index in [1.165, 1.54) is 5.56 Å². The summed E-state index contributed by atoms with van der Waals surface area (Å²) in [5.74, 6) is 1.76. The number of anilines is 1. The van der Waals surface area contributed by atoms with Gasteiger partial charge < -0.3 is 14.8 Å². The summed E-state index contributed by atoms with van der Waals surface area (Å²) in [4.78, 5) is 0. The van der Waals surface area contributed by atoms with Crippen LogP contribution in [0.3, 0.4) is 0 Å². The van der Waals surface area contributed by atoms with E-state index in [2.05, 4.69) is 24.4 Å². The number of benzene rings is 2. The van der Waals surface area contributed by atoms with Crippen LogP contribution in [0.2, 0.25) is 0 Å². The molecule has 0 amide bonds. The Morgan fingerprint density at radius 3 is 2.24 bits per heavy atom. The van der Waals surface area contributed by atoms with Crippen molar-refractivity contribution in [1.29, 1.82) is 0 Å². The fourth-order valence-electron chi connectivity index (χ4n) is 2.15. The van der Waals surface area contributed by atoms with Crippen molar-refractivity contribution in [1.82, 2.24) is 0 Å². The molecule has 2 aromatic rings. The van der Waals surface area contributed by atoms with Gasteiger partial charge in [-0.3, -0.25) is 0 Å². The Morgan fingerprint density at radius 2 is 1.62 bits per heavy atom. The van der Waals surface area contributed by atoms with Crippen molar-refractivity contribution in [3.63, 3.8) is 0 Å². The van der Waals surface area contributed by atoms with Gasteiger partial charge in [-0.1, -0.05) is 18.2 Å². The molecule has 0 aliphatic rings. The highest BCUT2D eigenvalue weighted by molar-refractivity contribution is 5.50. The van der Waals surface area contributed by atoms with Crippen LogP contribution in [0.5, 0.6) is 11.5 Å². The zero-order valence-corrected chi connectivity index (χ0v) is 13.1. The summed E-state index contributed by atoms with van der Waals surface area (Å²) in [7, 11) is 1.68. The quantitative estimate of drug-likeness (QED) is 0.837. The predicted octanol–water partition coefficient (Wildman–Crippen LogP) is 4.66. The highest BCUT2D eigenvalue weighted by atomic mass is 16.5. The van der Waals surface area contributed by atoms with Crippen LogP contribution < -0.4 is 14.8 Å². The summed E-state index contributed by atoms with van der Waals surface area (Å²) in [5.41, 5.74) is 2.26. The summed E-state index contributed by atoms with van der Waals surface area (Å²) in [6.45, 7) is 6.19. The lowest BCUT2D eigenvalue weighted by Gasteiger charge is -2.17. The SMILES string of the molecule is COc1cccc(NC(C)c2ccc(OC(C)C)cc2)c1. The third kappa shape index (κ3) is 4.42. The number of rotatable bonds is 6. The first kappa shape index (κ1) is 15.2. The summed E-state index contributed by atoms with van der Waals surface area (Å²) >= 11 is 0. The van der Waals surface area contributed by atoms with E-state index in [1.807, 2.05) is 50.2 Å². The third-order valence-electron chi connectivity index (χ3n) is 3.20. The molecular weight excluding hydrogens is 262 g/mol. The smallest absolute Gasteiger partial charge is 0.120 e. The minimum absolute atomic E-state index is 0.197. The van der Waals surface area contributed by atoms with Crippen molar-refractivity contribution in [2.75, 3.05) is 12.4 Å². The Labute approximate surface area is 126 Å². The van der Waals surface area contributed by atoms with Crippen molar-refractivity contribution in [3.8, 4) is 11.5 Å². The largest absolute Gasteiger partial charge is 0.497 e. The van der Waals surface area contributed by atoms with Gasteiger partial charge in [-0.15, -0.1) is 0 Å². The third-order valence-corrected chi connectivity index (χ3v) is 3.20. The van der Waals surface area contributed by atoms with E-state index in [4.69, 9.17) is 9.47 Å². The van der Waals surface area contributed by atoms with E-state index in [0.717, 1.165) is 17.2 Å². The van der Waals surface area contributed by atoms with Gasteiger partial charge in [-0.25, -0.2) is 0 Å². The maximum Gasteiger partial charge on any atom is 0.120 e. The van der Waals surface area contributed by atoms with Crippen LogP contribution in [0.15, 0.2) is 48.5 Å². The number of methoxy groups -OCH3 is 1. The molecule has 2 rings (SSSR count). The number of ether oxygens (including phenoxy) is 2. The molecule has 2 aromatic carbocycles. The van der Waals surface area contributed by atoms with Gasteiger partial charge in [-0.05, 0) is 50.6 Å². The Hall–Kier alpha value is -2.16. The minimum atomic E-state index is 0.197. The Bertz CT molecular complexity index is 564. The van der Waals surface area contributed by atoms with Crippen molar-refractivity contribution in [2.45, 2.75) is 32.9 Å². The fraction of sp³-hybridized carbons (Fsp3) is 0.333.